The predicted molar refractivity (Wildman–Crippen MR) is 79.7 cm³/mol. The van der Waals surface area contributed by atoms with Gasteiger partial charge in [-0.05, 0) is 31.0 Å². The fraction of sp³-hybridized carbons (Fsp3) is 0.357. The Hall–Kier alpha value is -1.03. The van der Waals surface area contributed by atoms with Crippen LogP contribution in [0.15, 0.2) is 30.6 Å². The molecule has 0 amide bonds. The van der Waals surface area contributed by atoms with Crippen LogP contribution in [0.2, 0.25) is 10.0 Å². The third kappa shape index (κ3) is 3.72. The van der Waals surface area contributed by atoms with E-state index >= 15 is 0 Å². The van der Waals surface area contributed by atoms with Gasteiger partial charge in [-0.25, -0.2) is 4.98 Å². The van der Waals surface area contributed by atoms with E-state index in [9.17, 15) is 0 Å². The lowest BCUT2D eigenvalue weighted by molar-refractivity contribution is 0.602. The van der Waals surface area contributed by atoms with Crippen molar-refractivity contribution in [3.8, 4) is 0 Å². The third-order valence-electron chi connectivity index (χ3n) is 3.07. The summed E-state index contributed by atoms with van der Waals surface area (Å²) in [5.74, 6) is 1.02. The Balaban J connectivity index is 2.01. The Kier molecular flexibility index (Phi) is 4.86. The molecule has 0 aliphatic heterocycles. The van der Waals surface area contributed by atoms with E-state index in [1.807, 2.05) is 24.5 Å². The van der Waals surface area contributed by atoms with Gasteiger partial charge in [-0.3, -0.25) is 0 Å². The van der Waals surface area contributed by atoms with Gasteiger partial charge in [-0.15, -0.1) is 0 Å². The summed E-state index contributed by atoms with van der Waals surface area (Å²) in [6.45, 7) is 3.00. The third-order valence-corrected chi connectivity index (χ3v) is 3.81. The van der Waals surface area contributed by atoms with Crippen molar-refractivity contribution in [1.29, 1.82) is 0 Å². The van der Waals surface area contributed by atoms with E-state index in [4.69, 9.17) is 28.9 Å². The maximum Gasteiger partial charge on any atom is 0.110 e. The molecule has 3 nitrogen and oxygen atoms in total. The van der Waals surface area contributed by atoms with Crippen molar-refractivity contribution in [1.82, 2.24) is 9.55 Å². The van der Waals surface area contributed by atoms with Crippen molar-refractivity contribution in [2.75, 3.05) is 0 Å². The Labute approximate surface area is 123 Å². The van der Waals surface area contributed by atoms with Crippen LogP contribution in [-0.2, 0) is 19.4 Å². The number of halogens is 2. The Morgan fingerprint density at radius 1 is 1.26 bits per heavy atom. The van der Waals surface area contributed by atoms with Crippen LogP contribution in [0.5, 0.6) is 0 Å². The molecule has 0 radical (unpaired) electrons. The summed E-state index contributed by atoms with van der Waals surface area (Å²) in [6.07, 6.45) is 5.29. The van der Waals surface area contributed by atoms with Gasteiger partial charge in [0, 0.05) is 31.4 Å². The van der Waals surface area contributed by atoms with E-state index in [1.54, 1.807) is 6.07 Å². The van der Waals surface area contributed by atoms with E-state index in [1.165, 1.54) is 0 Å². The van der Waals surface area contributed by atoms with E-state index < -0.39 is 0 Å². The highest BCUT2D eigenvalue weighted by Gasteiger charge is 2.10. The summed E-state index contributed by atoms with van der Waals surface area (Å²) < 4.78 is 2.11. The van der Waals surface area contributed by atoms with Crippen LogP contribution in [0, 0.1) is 0 Å². The first-order valence-electron chi connectivity index (χ1n) is 6.29. The summed E-state index contributed by atoms with van der Waals surface area (Å²) >= 11 is 11.9. The van der Waals surface area contributed by atoms with Crippen molar-refractivity contribution in [3.63, 3.8) is 0 Å². The first-order chi connectivity index (χ1) is 9.10. The molecule has 102 valence electrons. The van der Waals surface area contributed by atoms with Crippen LogP contribution in [-0.4, -0.2) is 15.6 Å². The molecule has 2 aromatic rings. The van der Waals surface area contributed by atoms with Crippen molar-refractivity contribution in [2.24, 2.45) is 5.73 Å². The molecular weight excluding hydrogens is 281 g/mol. The molecular formula is C14H17Cl2N3. The van der Waals surface area contributed by atoms with Crippen LogP contribution in [0.3, 0.4) is 0 Å². The number of rotatable bonds is 5. The van der Waals surface area contributed by atoms with Gasteiger partial charge < -0.3 is 10.3 Å². The van der Waals surface area contributed by atoms with Gasteiger partial charge >= 0.3 is 0 Å². The highest BCUT2D eigenvalue weighted by Crippen LogP contribution is 2.23. The van der Waals surface area contributed by atoms with Crippen LogP contribution >= 0.6 is 23.2 Å². The normalized spacial score (nSPS) is 12.6. The van der Waals surface area contributed by atoms with E-state index in [0.717, 1.165) is 30.8 Å². The molecule has 1 atom stereocenters. The summed E-state index contributed by atoms with van der Waals surface area (Å²) in [5, 5.41) is 1.14. The van der Waals surface area contributed by atoms with E-state index in [2.05, 4.69) is 16.5 Å². The molecule has 19 heavy (non-hydrogen) atoms. The maximum atomic E-state index is 6.18. The largest absolute Gasteiger partial charge is 0.335 e. The van der Waals surface area contributed by atoms with Gasteiger partial charge in [0.05, 0.1) is 10.0 Å². The highest BCUT2D eigenvalue weighted by molar-refractivity contribution is 6.42. The standard InChI is InChI=1S/C14H17Cl2N3/c1-2-19-6-5-18-14(19)9-11(17)7-10-3-4-12(15)13(16)8-10/h3-6,8,11H,2,7,9,17H2,1H3. The van der Waals surface area contributed by atoms with E-state index in [-0.39, 0.29) is 6.04 Å². The molecule has 0 bridgehead atoms. The Morgan fingerprint density at radius 2 is 2.05 bits per heavy atom. The highest BCUT2D eigenvalue weighted by atomic mass is 35.5. The number of aromatic nitrogens is 2. The van der Waals surface area contributed by atoms with Crippen molar-refractivity contribution >= 4 is 23.2 Å². The van der Waals surface area contributed by atoms with Gasteiger partial charge in [0.2, 0.25) is 0 Å². The molecule has 1 heterocycles. The van der Waals surface area contributed by atoms with E-state index in [0.29, 0.717) is 10.0 Å². The molecule has 1 aromatic carbocycles. The molecule has 0 fully saturated rings. The van der Waals surface area contributed by atoms with Gasteiger partial charge in [-0.2, -0.15) is 0 Å². The average molecular weight is 298 g/mol. The SMILES string of the molecule is CCn1ccnc1CC(N)Cc1ccc(Cl)c(Cl)c1. The molecule has 1 aromatic heterocycles. The molecule has 0 spiro atoms. The first kappa shape index (κ1) is 14.4. The van der Waals surface area contributed by atoms with Gasteiger partial charge in [0.1, 0.15) is 5.82 Å². The number of nitrogens with two attached hydrogens (primary N) is 1. The van der Waals surface area contributed by atoms with Gasteiger partial charge in [0.15, 0.2) is 0 Å². The number of aryl methyl sites for hydroxylation is 1. The fourth-order valence-corrected chi connectivity index (χ4v) is 2.41. The first-order valence-corrected chi connectivity index (χ1v) is 7.05. The fourth-order valence-electron chi connectivity index (χ4n) is 2.09. The zero-order valence-corrected chi connectivity index (χ0v) is 12.3. The second kappa shape index (κ2) is 6.42. The molecule has 2 rings (SSSR count). The monoisotopic (exact) mass is 297 g/mol. The number of nitrogens with zero attached hydrogens (tertiary/aromatic N) is 2. The van der Waals surface area contributed by atoms with Gasteiger partial charge in [0.25, 0.3) is 0 Å². The zero-order chi connectivity index (χ0) is 13.8. The lowest BCUT2D eigenvalue weighted by Crippen LogP contribution is -2.27. The minimum atomic E-state index is 0.0185. The van der Waals surface area contributed by atoms with Crippen LogP contribution in [0.25, 0.3) is 0 Å². The topological polar surface area (TPSA) is 43.8 Å². The second-order valence-corrected chi connectivity index (χ2v) is 5.36. The summed E-state index contributed by atoms with van der Waals surface area (Å²) in [5.41, 5.74) is 7.27. The summed E-state index contributed by atoms with van der Waals surface area (Å²) in [6, 6.07) is 5.65. The number of benzene rings is 1. The second-order valence-electron chi connectivity index (χ2n) is 4.55. The van der Waals surface area contributed by atoms with Crippen molar-refractivity contribution in [3.05, 3.63) is 52.0 Å². The predicted octanol–water partition coefficient (Wildman–Crippen LogP) is 3.32. The minimum Gasteiger partial charge on any atom is -0.335 e. The molecule has 2 N–H and O–H groups in total. The lowest BCUT2D eigenvalue weighted by atomic mass is 10.0. The molecule has 0 aliphatic rings. The van der Waals surface area contributed by atoms with Crippen molar-refractivity contribution < 1.29 is 0 Å². The Morgan fingerprint density at radius 3 is 2.74 bits per heavy atom. The van der Waals surface area contributed by atoms with Crippen LogP contribution < -0.4 is 5.73 Å². The lowest BCUT2D eigenvalue weighted by Gasteiger charge is -2.13. The van der Waals surface area contributed by atoms with Crippen molar-refractivity contribution in [2.45, 2.75) is 32.4 Å². The number of hydrogen-bond acceptors (Lipinski definition) is 2. The minimum absolute atomic E-state index is 0.0185. The molecule has 5 heteroatoms. The smallest absolute Gasteiger partial charge is 0.110 e. The van der Waals surface area contributed by atoms with Crippen LogP contribution in [0.4, 0.5) is 0 Å². The molecule has 0 aliphatic carbocycles. The number of hydrogen-bond donors (Lipinski definition) is 1. The quantitative estimate of drug-likeness (QED) is 0.920. The summed E-state index contributed by atoms with van der Waals surface area (Å²) in [4.78, 5) is 4.34. The number of imidazole rings is 1. The Bertz CT molecular complexity index is 551. The zero-order valence-electron chi connectivity index (χ0n) is 10.8. The molecule has 0 saturated carbocycles. The molecule has 1 unspecified atom stereocenters. The average Bonchev–Trinajstić information content (AvgIpc) is 2.81. The summed E-state index contributed by atoms with van der Waals surface area (Å²) in [7, 11) is 0. The van der Waals surface area contributed by atoms with Crippen LogP contribution in [0.1, 0.15) is 18.3 Å². The maximum absolute atomic E-state index is 6.18. The molecule has 0 saturated heterocycles. The van der Waals surface area contributed by atoms with Gasteiger partial charge in [-0.1, -0.05) is 29.3 Å².